The summed E-state index contributed by atoms with van der Waals surface area (Å²) in [7, 11) is 0. The minimum absolute atomic E-state index is 0.167. The molecule has 1 amide bonds. The molecule has 0 saturated heterocycles. The Morgan fingerprint density at radius 2 is 2.50 bits per heavy atom. The van der Waals surface area contributed by atoms with Gasteiger partial charge in [0.05, 0.1) is 0 Å². The molecule has 0 saturated carbocycles. The summed E-state index contributed by atoms with van der Waals surface area (Å²) in [4.78, 5) is 12.9. The second-order valence-corrected chi connectivity index (χ2v) is 2.46. The molecule has 1 aliphatic heterocycles. The van der Waals surface area contributed by atoms with Crippen LogP contribution in [0.2, 0.25) is 0 Å². The first-order chi connectivity index (χ1) is 4.84. The third-order valence-electron chi connectivity index (χ3n) is 1.75. The van der Waals surface area contributed by atoms with Crippen molar-refractivity contribution in [3.05, 3.63) is 12.2 Å². The lowest BCUT2D eigenvalue weighted by Gasteiger charge is -2.16. The third kappa shape index (κ3) is 1.59. The summed E-state index contributed by atoms with van der Waals surface area (Å²) in [5.41, 5.74) is 0. The standard InChI is InChI=1S/C8H13NO/c1-2-9-7-5-3-4-6-8(9)10/h4,6H,2-3,5,7H2,1H3. The molecule has 1 heterocycles. The summed E-state index contributed by atoms with van der Waals surface area (Å²) >= 11 is 0. The highest BCUT2D eigenvalue weighted by molar-refractivity contribution is 5.87. The summed E-state index contributed by atoms with van der Waals surface area (Å²) in [6, 6.07) is 0. The van der Waals surface area contributed by atoms with Crippen LogP contribution in [-0.4, -0.2) is 23.9 Å². The fraction of sp³-hybridized carbons (Fsp3) is 0.625. The lowest BCUT2D eigenvalue weighted by atomic mass is 10.3. The first-order valence-corrected chi connectivity index (χ1v) is 3.80. The third-order valence-corrected chi connectivity index (χ3v) is 1.75. The number of likely N-dealkylation sites (N-methyl/N-ethyl adjacent to an activating group) is 1. The molecule has 0 spiro atoms. The van der Waals surface area contributed by atoms with Gasteiger partial charge in [-0.15, -0.1) is 0 Å². The molecule has 0 bridgehead atoms. The number of carbonyl (C=O) groups excluding carboxylic acids is 1. The van der Waals surface area contributed by atoms with E-state index in [1.807, 2.05) is 17.9 Å². The number of nitrogens with zero attached hydrogens (tertiary/aromatic N) is 1. The molecule has 0 N–H and O–H groups in total. The maximum Gasteiger partial charge on any atom is 0.246 e. The van der Waals surface area contributed by atoms with E-state index in [0.717, 1.165) is 25.9 Å². The van der Waals surface area contributed by atoms with E-state index in [2.05, 4.69) is 0 Å². The van der Waals surface area contributed by atoms with Gasteiger partial charge in [0.25, 0.3) is 0 Å². The molecule has 1 aliphatic rings. The normalized spacial score (nSPS) is 19.3. The van der Waals surface area contributed by atoms with Crippen LogP contribution in [0.5, 0.6) is 0 Å². The molecule has 1 rings (SSSR count). The van der Waals surface area contributed by atoms with E-state index >= 15 is 0 Å². The Bertz CT molecular complexity index is 151. The van der Waals surface area contributed by atoms with Crippen molar-refractivity contribution in [2.45, 2.75) is 19.8 Å². The zero-order valence-electron chi connectivity index (χ0n) is 6.34. The minimum atomic E-state index is 0.167. The molecule has 2 heteroatoms. The zero-order chi connectivity index (χ0) is 7.40. The summed E-state index contributed by atoms with van der Waals surface area (Å²) < 4.78 is 0. The second-order valence-electron chi connectivity index (χ2n) is 2.46. The van der Waals surface area contributed by atoms with Gasteiger partial charge in [-0.25, -0.2) is 0 Å². The first kappa shape index (κ1) is 7.32. The molecule has 56 valence electrons. The molecular formula is C8H13NO. The van der Waals surface area contributed by atoms with Crippen LogP contribution in [0, 0.1) is 0 Å². The van der Waals surface area contributed by atoms with Crippen LogP contribution in [-0.2, 0) is 4.79 Å². The molecule has 0 aromatic rings. The van der Waals surface area contributed by atoms with Crippen molar-refractivity contribution >= 4 is 5.91 Å². The van der Waals surface area contributed by atoms with Gasteiger partial charge in [-0.1, -0.05) is 6.08 Å². The summed E-state index contributed by atoms with van der Waals surface area (Å²) in [6.45, 7) is 3.77. The van der Waals surface area contributed by atoms with Crippen molar-refractivity contribution in [3.63, 3.8) is 0 Å². The SMILES string of the molecule is CCN1CCCC=CC1=O. The first-order valence-electron chi connectivity index (χ1n) is 3.80. The van der Waals surface area contributed by atoms with Crippen LogP contribution in [0.1, 0.15) is 19.8 Å². The van der Waals surface area contributed by atoms with Gasteiger partial charge in [0.1, 0.15) is 0 Å². The molecule has 0 aliphatic carbocycles. The molecule has 0 unspecified atom stereocenters. The van der Waals surface area contributed by atoms with E-state index in [4.69, 9.17) is 0 Å². The number of hydrogen-bond donors (Lipinski definition) is 0. The average Bonchev–Trinajstić information content (AvgIpc) is 2.13. The van der Waals surface area contributed by atoms with E-state index in [-0.39, 0.29) is 5.91 Å². The van der Waals surface area contributed by atoms with E-state index in [1.54, 1.807) is 6.08 Å². The highest BCUT2D eigenvalue weighted by Gasteiger charge is 2.08. The maximum absolute atomic E-state index is 11.1. The number of allylic oxidation sites excluding steroid dienone is 1. The van der Waals surface area contributed by atoms with Crippen molar-refractivity contribution in [3.8, 4) is 0 Å². The zero-order valence-corrected chi connectivity index (χ0v) is 6.34. The van der Waals surface area contributed by atoms with Crippen LogP contribution in [0.25, 0.3) is 0 Å². The van der Waals surface area contributed by atoms with Gasteiger partial charge in [-0.3, -0.25) is 4.79 Å². The van der Waals surface area contributed by atoms with Gasteiger partial charge < -0.3 is 4.90 Å². The molecule has 0 fully saturated rings. The lowest BCUT2D eigenvalue weighted by Crippen LogP contribution is -2.28. The molecule has 0 aromatic carbocycles. The Kier molecular flexibility index (Phi) is 2.49. The van der Waals surface area contributed by atoms with Crippen LogP contribution in [0.3, 0.4) is 0 Å². The number of amides is 1. The fourth-order valence-corrected chi connectivity index (χ4v) is 1.11. The average molecular weight is 139 g/mol. The van der Waals surface area contributed by atoms with E-state index in [0.29, 0.717) is 0 Å². The van der Waals surface area contributed by atoms with Crippen LogP contribution in [0.4, 0.5) is 0 Å². The maximum atomic E-state index is 11.1. The van der Waals surface area contributed by atoms with E-state index in [1.165, 1.54) is 0 Å². The summed E-state index contributed by atoms with van der Waals surface area (Å²) in [5, 5.41) is 0. The number of carbonyl (C=O) groups is 1. The van der Waals surface area contributed by atoms with Crippen molar-refractivity contribution in [2.75, 3.05) is 13.1 Å². The Labute approximate surface area is 61.5 Å². The van der Waals surface area contributed by atoms with Gasteiger partial charge in [0.2, 0.25) is 5.91 Å². The Balaban J connectivity index is 2.55. The fourth-order valence-electron chi connectivity index (χ4n) is 1.11. The van der Waals surface area contributed by atoms with Crippen LogP contribution in [0.15, 0.2) is 12.2 Å². The largest absolute Gasteiger partial charge is 0.339 e. The summed E-state index contributed by atoms with van der Waals surface area (Å²) in [6.07, 6.45) is 5.78. The topological polar surface area (TPSA) is 20.3 Å². The monoisotopic (exact) mass is 139 g/mol. The van der Waals surface area contributed by atoms with Crippen molar-refractivity contribution in [2.24, 2.45) is 0 Å². The second kappa shape index (κ2) is 3.40. The molecule has 2 nitrogen and oxygen atoms in total. The number of rotatable bonds is 1. The quantitative estimate of drug-likeness (QED) is 0.534. The Morgan fingerprint density at radius 1 is 1.70 bits per heavy atom. The van der Waals surface area contributed by atoms with Gasteiger partial charge in [0.15, 0.2) is 0 Å². The van der Waals surface area contributed by atoms with Crippen molar-refractivity contribution in [1.82, 2.24) is 4.90 Å². The van der Waals surface area contributed by atoms with Gasteiger partial charge >= 0.3 is 0 Å². The molecule has 0 atom stereocenters. The van der Waals surface area contributed by atoms with E-state index in [9.17, 15) is 4.79 Å². The molecule has 0 radical (unpaired) electrons. The highest BCUT2D eigenvalue weighted by atomic mass is 16.2. The van der Waals surface area contributed by atoms with Crippen molar-refractivity contribution < 1.29 is 4.79 Å². The Hall–Kier alpha value is -0.790. The minimum Gasteiger partial charge on any atom is -0.339 e. The lowest BCUT2D eigenvalue weighted by molar-refractivity contribution is -0.125. The predicted octanol–water partition coefficient (Wildman–Crippen LogP) is 1.18. The van der Waals surface area contributed by atoms with Crippen LogP contribution < -0.4 is 0 Å². The number of hydrogen-bond acceptors (Lipinski definition) is 1. The smallest absolute Gasteiger partial charge is 0.246 e. The highest BCUT2D eigenvalue weighted by Crippen LogP contribution is 2.02. The van der Waals surface area contributed by atoms with E-state index < -0.39 is 0 Å². The van der Waals surface area contributed by atoms with Crippen LogP contribution >= 0.6 is 0 Å². The van der Waals surface area contributed by atoms with Gasteiger partial charge in [0, 0.05) is 13.1 Å². The molecular weight excluding hydrogens is 126 g/mol. The Morgan fingerprint density at radius 3 is 3.20 bits per heavy atom. The van der Waals surface area contributed by atoms with Gasteiger partial charge in [-0.2, -0.15) is 0 Å². The molecule has 10 heavy (non-hydrogen) atoms. The predicted molar refractivity (Wildman–Crippen MR) is 40.6 cm³/mol. The van der Waals surface area contributed by atoms with Gasteiger partial charge in [-0.05, 0) is 25.8 Å². The summed E-state index contributed by atoms with van der Waals surface area (Å²) in [5.74, 6) is 0.167. The van der Waals surface area contributed by atoms with Crippen molar-refractivity contribution in [1.29, 1.82) is 0 Å². The molecule has 0 aromatic heterocycles.